The fraction of sp³-hybridized carbons (Fsp3) is 1.00. The van der Waals surface area contributed by atoms with Gasteiger partial charge in [-0.3, -0.25) is 0 Å². The van der Waals surface area contributed by atoms with Gasteiger partial charge in [0.15, 0.2) is 0 Å². The van der Waals surface area contributed by atoms with Gasteiger partial charge in [-0.1, -0.05) is 46.5 Å². The van der Waals surface area contributed by atoms with Crippen LogP contribution in [0, 0.1) is 11.8 Å². The van der Waals surface area contributed by atoms with Gasteiger partial charge in [0.05, 0.1) is 0 Å². The first-order chi connectivity index (χ1) is 7.22. The van der Waals surface area contributed by atoms with Gasteiger partial charge in [0.1, 0.15) is 0 Å². The highest BCUT2D eigenvalue weighted by Crippen LogP contribution is 2.29. The highest BCUT2D eigenvalue weighted by molar-refractivity contribution is 4.75. The molecule has 0 bridgehead atoms. The van der Waals surface area contributed by atoms with Crippen molar-refractivity contribution in [3.05, 3.63) is 0 Å². The Bertz CT molecular complexity index is 147. The van der Waals surface area contributed by atoms with Crippen LogP contribution in [0.15, 0.2) is 0 Å². The van der Waals surface area contributed by atoms with Crippen LogP contribution in [0.5, 0.6) is 0 Å². The van der Waals surface area contributed by atoms with Crippen molar-refractivity contribution in [2.75, 3.05) is 6.54 Å². The summed E-state index contributed by atoms with van der Waals surface area (Å²) in [6.45, 7) is 8.03. The van der Waals surface area contributed by atoms with Gasteiger partial charge in [-0.15, -0.1) is 0 Å². The molecule has 1 heteroatoms. The molecule has 0 amide bonds. The molecule has 0 saturated heterocycles. The Morgan fingerprint density at radius 2 is 1.80 bits per heavy atom. The van der Waals surface area contributed by atoms with E-state index in [1.54, 1.807) is 0 Å². The van der Waals surface area contributed by atoms with Crippen LogP contribution in [0.3, 0.4) is 0 Å². The molecule has 1 rings (SSSR count). The summed E-state index contributed by atoms with van der Waals surface area (Å²) >= 11 is 0. The standard InChI is InChI=1S/C14H29N/c1-4-15-14(10-9-12(2)3)11-13-7-5-6-8-13/h12-15H,4-11H2,1-3H3. The predicted octanol–water partition coefficient (Wildman–Crippen LogP) is 3.98. The van der Waals surface area contributed by atoms with Gasteiger partial charge in [-0.25, -0.2) is 0 Å². The summed E-state index contributed by atoms with van der Waals surface area (Å²) in [5.74, 6) is 1.89. The lowest BCUT2D eigenvalue weighted by Gasteiger charge is -2.22. The summed E-state index contributed by atoms with van der Waals surface area (Å²) in [7, 11) is 0. The zero-order valence-electron chi connectivity index (χ0n) is 10.9. The minimum Gasteiger partial charge on any atom is -0.314 e. The molecule has 0 spiro atoms. The quantitative estimate of drug-likeness (QED) is 0.671. The Kier molecular flexibility index (Phi) is 6.31. The molecule has 1 aliphatic rings. The van der Waals surface area contributed by atoms with Crippen LogP contribution in [0.4, 0.5) is 0 Å². The van der Waals surface area contributed by atoms with E-state index in [9.17, 15) is 0 Å². The van der Waals surface area contributed by atoms with Gasteiger partial charge in [0, 0.05) is 6.04 Å². The fourth-order valence-electron chi connectivity index (χ4n) is 2.77. The first-order valence-electron chi connectivity index (χ1n) is 6.95. The van der Waals surface area contributed by atoms with Crippen molar-refractivity contribution in [1.29, 1.82) is 0 Å². The van der Waals surface area contributed by atoms with Gasteiger partial charge < -0.3 is 5.32 Å². The molecule has 90 valence electrons. The normalized spacial score (nSPS) is 20.0. The summed E-state index contributed by atoms with van der Waals surface area (Å²) in [5.41, 5.74) is 0. The maximum absolute atomic E-state index is 3.66. The van der Waals surface area contributed by atoms with Crippen LogP contribution in [0.25, 0.3) is 0 Å². The second kappa shape index (κ2) is 7.27. The number of hydrogen-bond donors (Lipinski definition) is 1. The summed E-state index contributed by atoms with van der Waals surface area (Å²) < 4.78 is 0. The van der Waals surface area contributed by atoms with Crippen LogP contribution in [-0.2, 0) is 0 Å². The molecule has 0 aromatic heterocycles. The number of hydrogen-bond acceptors (Lipinski definition) is 1. The van der Waals surface area contributed by atoms with Crippen LogP contribution in [0.1, 0.15) is 65.7 Å². The molecule has 0 heterocycles. The summed E-state index contributed by atoms with van der Waals surface area (Å²) in [5, 5.41) is 3.66. The lowest BCUT2D eigenvalue weighted by Crippen LogP contribution is -2.31. The van der Waals surface area contributed by atoms with Gasteiger partial charge in [-0.2, -0.15) is 0 Å². The molecule has 1 N–H and O–H groups in total. The van der Waals surface area contributed by atoms with Gasteiger partial charge in [0.25, 0.3) is 0 Å². The van der Waals surface area contributed by atoms with E-state index in [1.807, 2.05) is 0 Å². The van der Waals surface area contributed by atoms with Crippen molar-refractivity contribution in [2.45, 2.75) is 71.8 Å². The van der Waals surface area contributed by atoms with Crippen LogP contribution >= 0.6 is 0 Å². The molecule has 1 saturated carbocycles. The topological polar surface area (TPSA) is 12.0 Å². The molecular weight excluding hydrogens is 182 g/mol. The molecule has 0 aromatic carbocycles. The third kappa shape index (κ3) is 5.55. The third-order valence-electron chi connectivity index (χ3n) is 3.68. The molecule has 1 nitrogen and oxygen atoms in total. The van der Waals surface area contributed by atoms with E-state index in [0.717, 1.165) is 24.4 Å². The molecule has 0 aromatic rings. The van der Waals surface area contributed by atoms with Gasteiger partial charge in [0.2, 0.25) is 0 Å². The molecule has 1 fully saturated rings. The summed E-state index contributed by atoms with van der Waals surface area (Å²) in [4.78, 5) is 0. The van der Waals surface area contributed by atoms with E-state index < -0.39 is 0 Å². The van der Waals surface area contributed by atoms with Crippen molar-refractivity contribution in [1.82, 2.24) is 5.32 Å². The zero-order chi connectivity index (χ0) is 11.1. The monoisotopic (exact) mass is 211 g/mol. The molecule has 1 atom stereocenters. The van der Waals surface area contributed by atoms with E-state index in [-0.39, 0.29) is 0 Å². The molecule has 1 aliphatic carbocycles. The Morgan fingerprint density at radius 3 is 2.33 bits per heavy atom. The molecule has 15 heavy (non-hydrogen) atoms. The van der Waals surface area contributed by atoms with Crippen molar-refractivity contribution < 1.29 is 0 Å². The van der Waals surface area contributed by atoms with Crippen molar-refractivity contribution >= 4 is 0 Å². The lowest BCUT2D eigenvalue weighted by molar-refractivity contribution is 0.355. The maximum atomic E-state index is 3.66. The highest BCUT2D eigenvalue weighted by Gasteiger charge is 2.19. The first kappa shape index (κ1) is 13.0. The third-order valence-corrected chi connectivity index (χ3v) is 3.68. The maximum Gasteiger partial charge on any atom is 0.00696 e. The van der Waals surface area contributed by atoms with E-state index in [4.69, 9.17) is 0 Å². The zero-order valence-corrected chi connectivity index (χ0v) is 10.9. The Labute approximate surface area is 96.0 Å². The Hall–Kier alpha value is -0.0400. The van der Waals surface area contributed by atoms with Crippen molar-refractivity contribution in [3.63, 3.8) is 0 Å². The average Bonchev–Trinajstić information content (AvgIpc) is 2.67. The minimum absolute atomic E-state index is 0.792. The molecule has 0 radical (unpaired) electrons. The highest BCUT2D eigenvalue weighted by atomic mass is 14.9. The Morgan fingerprint density at radius 1 is 1.13 bits per heavy atom. The van der Waals surface area contributed by atoms with Gasteiger partial charge in [-0.05, 0) is 37.6 Å². The van der Waals surface area contributed by atoms with Crippen LogP contribution in [-0.4, -0.2) is 12.6 Å². The largest absolute Gasteiger partial charge is 0.314 e. The number of rotatable bonds is 7. The van der Waals surface area contributed by atoms with Crippen molar-refractivity contribution in [3.8, 4) is 0 Å². The van der Waals surface area contributed by atoms with E-state index in [0.29, 0.717) is 0 Å². The number of nitrogens with one attached hydrogen (secondary N) is 1. The van der Waals surface area contributed by atoms with Crippen LogP contribution < -0.4 is 5.32 Å². The van der Waals surface area contributed by atoms with E-state index in [1.165, 1.54) is 44.9 Å². The van der Waals surface area contributed by atoms with E-state index in [2.05, 4.69) is 26.1 Å². The van der Waals surface area contributed by atoms with Crippen LogP contribution in [0.2, 0.25) is 0 Å². The second-order valence-corrected chi connectivity index (χ2v) is 5.61. The second-order valence-electron chi connectivity index (χ2n) is 5.61. The van der Waals surface area contributed by atoms with E-state index >= 15 is 0 Å². The smallest absolute Gasteiger partial charge is 0.00696 e. The van der Waals surface area contributed by atoms with Gasteiger partial charge >= 0.3 is 0 Å². The summed E-state index contributed by atoms with van der Waals surface area (Å²) in [6.07, 6.45) is 10.1. The first-order valence-corrected chi connectivity index (χ1v) is 6.95. The van der Waals surface area contributed by atoms with Crippen molar-refractivity contribution in [2.24, 2.45) is 11.8 Å². The lowest BCUT2D eigenvalue weighted by atomic mass is 9.93. The minimum atomic E-state index is 0.792. The molecule has 0 aliphatic heterocycles. The summed E-state index contributed by atoms with van der Waals surface area (Å²) in [6, 6.07) is 0.792. The average molecular weight is 211 g/mol. The molecule has 1 unspecified atom stereocenters. The molecular formula is C14H29N. The SMILES string of the molecule is CCNC(CCC(C)C)CC1CCCC1. The predicted molar refractivity (Wildman–Crippen MR) is 68.1 cm³/mol. The fourth-order valence-corrected chi connectivity index (χ4v) is 2.77. The Balaban J connectivity index is 2.22.